The van der Waals surface area contributed by atoms with Crippen LogP contribution in [0, 0.1) is 0 Å². The first-order valence-corrected chi connectivity index (χ1v) is 8.88. The molecule has 1 atom stereocenters. The SMILES string of the molecule is c1ccc2c(c1)oc1c(Sc3nnnn3CC3CCCO3)ncnc12. The van der Waals surface area contributed by atoms with Crippen molar-refractivity contribution in [3.63, 3.8) is 0 Å². The van der Waals surface area contributed by atoms with E-state index in [2.05, 4.69) is 25.5 Å². The number of tetrazole rings is 1. The Hall–Kier alpha value is -2.52. The van der Waals surface area contributed by atoms with Gasteiger partial charge in [0, 0.05) is 12.0 Å². The average molecular weight is 354 g/mol. The molecule has 1 unspecified atom stereocenters. The summed E-state index contributed by atoms with van der Waals surface area (Å²) in [7, 11) is 0. The van der Waals surface area contributed by atoms with Crippen LogP contribution in [0.3, 0.4) is 0 Å². The van der Waals surface area contributed by atoms with Gasteiger partial charge in [-0.25, -0.2) is 14.6 Å². The summed E-state index contributed by atoms with van der Waals surface area (Å²) >= 11 is 1.38. The normalized spacial score (nSPS) is 17.7. The van der Waals surface area contributed by atoms with E-state index in [1.807, 2.05) is 24.3 Å². The Labute approximate surface area is 146 Å². The summed E-state index contributed by atoms with van der Waals surface area (Å²) in [6.07, 6.45) is 3.83. The second-order valence-corrected chi connectivity index (χ2v) is 6.79. The highest BCUT2D eigenvalue weighted by Crippen LogP contribution is 2.34. The molecular weight excluding hydrogens is 340 g/mol. The van der Waals surface area contributed by atoms with Gasteiger partial charge in [0.1, 0.15) is 17.4 Å². The molecule has 3 aromatic heterocycles. The van der Waals surface area contributed by atoms with Gasteiger partial charge < -0.3 is 9.15 Å². The molecule has 0 N–H and O–H groups in total. The summed E-state index contributed by atoms with van der Waals surface area (Å²) in [4.78, 5) is 8.74. The summed E-state index contributed by atoms with van der Waals surface area (Å²) < 4.78 is 13.4. The van der Waals surface area contributed by atoms with Gasteiger partial charge in [0.2, 0.25) is 5.16 Å². The van der Waals surface area contributed by atoms with Gasteiger partial charge in [0.05, 0.1) is 12.6 Å². The number of para-hydroxylation sites is 1. The molecule has 1 aliphatic rings. The molecule has 1 aliphatic heterocycles. The minimum absolute atomic E-state index is 0.166. The molecule has 0 amide bonds. The number of aromatic nitrogens is 6. The Bertz CT molecular complexity index is 1040. The monoisotopic (exact) mass is 354 g/mol. The van der Waals surface area contributed by atoms with E-state index in [1.165, 1.54) is 11.8 Å². The molecule has 4 heterocycles. The van der Waals surface area contributed by atoms with Crippen LogP contribution in [0.5, 0.6) is 0 Å². The van der Waals surface area contributed by atoms with Crippen LogP contribution in [0.1, 0.15) is 12.8 Å². The van der Waals surface area contributed by atoms with Gasteiger partial charge in [-0.2, -0.15) is 0 Å². The van der Waals surface area contributed by atoms with E-state index in [4.69, 9.17) is 9.15 Å². The largest absolute Gasteiger partial charge is 0.451 e. The van der Waals surface area contributed by atoms with E-state index in [9.17, 15) is 0 Å². The number of benzene rings is 1. The van der Waals surface area contributed by atoms with Crippen molar-refractivity contribution in [2.45, 2.75) is 35.7 Å². The maximum absolute atomic E-state index is 5.96. The topological polar surface area (TPSA) is 91.8 Å². The van der Waals surface area contributed by atoms with Crippen LogP contribution >= 0.6 is 11.8 Å². The molecule has 0 spiro atoms. The number of ether oxygens (including phenoxy) is 1. The highest BCUT2D eigenvalue weighted by atomic mass is 32.2. The van der Waals surface area contributed by atoms with Gasteiger partial charge in [-0.3, -0.25) is 0 Å². The van der Waals surface area contributed by atoms with Crippen LogP contribution in [0.4, 0.5) is 0 Å². The minimum atomic E-state index is 0.166. The van der Waals surface area contributed by atoms with Gasteiger partial charge in [0.15, 0.2) is 10.6 Å². The number of hydrogen-bond acceptors (Lipinski definition) is 8. The van der Waals surface area contributed by atoms with Crippen molar-refractivity contribution in [2.75, 3.05) is 6.61 Å². The lowest BCUT2D eigenvalue weighted by molar-refractivity contribution is 0.0912. The van der Waals surface area contributed by atoms with Crippen molar-refractivity contribution in [2.24, 2.45) is 0 Å². The van der Waals surface area contributed by atoms with Crippen LogP contribution in [-0.4, -0.2) is 42.9 Å². The molecule has 1 fully saturated rings. The molecule has 4 aromatic rings. The minimum Gasteiger partial charge on any atom is -0.451 e. The average Bonchev–Trinajstić information content (AvgIpc) is 3.36. The molecule has 1 aromatic carbocycles. The Morgan fingerprint density at radius 3 is 3.12 bits per heavy atom. The number of fused-ring (bicyclic) bond motifs is 3. The fraction of sp³-hybridized carbons (Fsp3) is 0.312. The Morgan fingerprint density at radius 1 is 1.24 bits per heavy atom. The third kappa shape index (κ3) is 2.65. The third-order valence-corrected chi connectivity index (χ3v) is 5.17. The molecule has 0 bridgehead atoms. The number of furan rings is 1. The van der Waals surface area contributed by atoms with Crippen molar-refractivity contribution < 1.29 is 9.15 Å². The second-order valence-electron chi connectivity index (χ2n) is 5.84. The van der Waals surface area contributed by atoms with Crippen molar-refractivity contribution in [1.82, 2.24) is 30.2 Å². The van der Waals surface area contributed by atoms with Crippen molar-refractivity contribution >= 4 is 33.8 Å². The van der Waals surface area contributed by atoms with E-state index in [1.54, 1.807) is 11.0 Å². The summed E-state index contributed by atoms with van der Waals surface area (Å²) in [6.45, 7) is 1.45. The van der Waals surface area contributed by atoms with E-state index >= 15 is 0 Å². The lowest BCUT2D eigenvalue weighted by Gasteiger charge is -2.09. The fourth-order valence-corrected chi connectivity index (χ4v) is 3.82. The van der Waals surface area contributed by atoms with Crippen LogP contribution in [0.15, 0.2) is 45.2 Å². The fourth-order valence-electron chi connectivity index (χ4n) is 3.03. The number of hydrogen-bond donors (Lipinski definition) is 0. The Kier molecular flexibility index (Phi) is 3.60. The molecule has 0 aliphatic carbocycles. The summed E-state index contributed by atoms with van der Waals surface area (Å²) in [6, 6.07) is 7.82. The molecule has 9 heteroatoms. The van der Waals surface area contributed by atoms with Gasteiger partial charge >= 0.3 is 0 Å². The molecular formula is C16H14N6O2S. The first-order valence-electron chi connectivity index (χ1n) is 8.06. The van der Waals surface area contributed by atoms with Crippen molar-refractivity contribution in [1.29, 1.82) is 0 Å². The lowest BCUT2D eigenvalue weighted by atomic mass is 10.2. The quantitative estimate of drug-likeness (QED) is 0.517. The maximum Gasteiger partial charge on any atom is 0.215 e. The third-order valence-electron chi connectivity index (χ3n) is 4.21. The van der Waals surface area contributed by atoms with Gasteiger partial charge in [-0.1, -0.05) is 12.1 Å². The van der Waals surface area contributed by atoms with Gasteiger partial charge in [-0.15, -0.1) is 5.10 Å². The number of rotatable bonds is 4. The molecule has 126 valence electrons. The van der Waals surface area contributed by atoms with Crippen molar-refractivity contribution in [3.8, 4) is 0 Å². The zero-order valence-electron chi connectivity index (χ0n) is 13.2. The molecule has 0 radical (unpaired) electrons. The maximum atomic E-state index is 5.96. The predicted molar refractivity (Wildman–Crippen MR) is 90.2 cm³/mol. The zero-order valence-corrected chi connectivity index (χ0v) is 14.0. The van der Waals surface area contributed by atoms with Crippen molar-refractivity contribution in [3.05, 3.63) is 30.6 Å². The predicted octanol–water partition coefficient (Wildman–Crippen LogP) is 2.69. The Morgan fingerprint density at radius 2 is 2.20 bits per heavy atom. The standard InChI is InChI=1S/C16H14N6O2S/c1-2-6-12-11(5-1)13-14(24-12)15(18-9-17-13)25-16-19-20-21-22(16)8-10-4-3-7-23-10/h1-2,5-6,9-10H,3-4,7-8H2. The molecule has 25 heavy (non-hydrogen) atoms. The van der Waals surface area contributed by atoms with E-state index < -0.39 is 0 Å². The first-order chi connectivity index (χ1) is 12.4. The second kappa shape index (κ2) is 6.08. The first kappa shape index (κ1) is 14.8. The van der Waals surface area contributed by atoms with Gasteiger partial charge in [-0.05, 0) is 47.2 Å². The smallest absolute Gasteiger partial charge is 0.215 e. The van der Waals surface area contributed by atoms with Crippen LogP contribution in [0.2, 0.25) is 0 Å². The molecule has 1 saturated heterocycles. The van der Waals surface area contributed by atoms with E-state index in [0.29, 0.717) is 22.3 Å². The Balaban J connectivity index is 1.51. The highest BCUT2D eigenvalue weighted by molar-refractivity contribution is 7.99. The van der Waals surface area contributed by atoms with Crippen LogP contribution in [0.25, 0.3) is 22.1 Å². The molecule has 0 saturated carbocycles. The lowest BCUT2D eigenvalue weighted by Crippen LogP contribution is -2.16. The summed E-state index contributed by atoms with van der Waals surface area (Å²) in [5.74, 6) is 0. The highest BCUT2D eigenvalue weighted by Gasteiger charge is 2.21. The molecule has 5 rings (SSSR count). The molecule has 8 nitrogen and oxygen atoms in total. The zero-order chi connectivity index (χ0) is 16.6. The van der Waals surface area contributed by atoms with Gasteiger partial charge in [0.25, 0.3) is 0 Å². The number of nitrogens with zero attached hydrogens (tertiary/aromatic N) is 6. The summed E-state index contributed by atoms with van der Waals surface area (Å²) in [5.41, 5.74) is 2.24. The van der Waals surface area contributed by atoms with E-state index in [0.717, 1.165) is 35.9 Å². The summed E-state index contributed by atoms with van der Waals surface area (Å²) in [5, 5.41) is 14.3. The van der Waals surface area contributed by atoms with Crippen LogP contribution < -0.4 is 0 Å². The van der Waals surface area contributed by atoms with Crippen LogP contribution in [-0.2, 0) is 11.3 Å². The van der Waals surface area contributed by atoms with E-state index in [-0.39, 0.29) is 6.10 Å².